The molecule has 0 saturated carbocycles. The quantitative estimate of drug-likeness (QED) is 0.906. The molecule has 2 unspecified atom stereocenters. The van der Waals surface area contributed by atoms with Gasteiger partial charge in [-0.05, 0) is 43.4 Å². The molecular weight excluding hydrogens is 262 g/mol. The molecule has 2 aromatic rings. The van der Waals surface area contributed by atoms with Gasteiger partial charge in [0.2, 0.25) is 0 Å². The van der Waals surface area contributed by atoms with Gasteiger partial charge >= 0.3 is 0 Å². The minimum atomic E-state index is 0.307. The number of fused-ring (bicyclic) bond motifs is 1. The van der Waals surface area contributed by atoms with Crippen LogP contribution in [-0.2, 0) is 13.5 Å². The second-order valence-electron chi connectivity index (χ2n) is 5.83. The predicted molar refractivity (Wildman–Crippen MR) is 83.2 cm³/mol. The van der Waals surface area contributed by atoms with E-state index in [1.807, 2.05) is 30.1 Å². The summed E-state index contributed by atoms with van der Waals surface area (Å²) in [6, 6.07) is 8.21. The maximum atomic E-state index is 9.43. The van der Waals surface area contributed by atoms with Gasteiger partial charge in [-0.3, -0.25) is 4.68 Å². The smallest absolute Gasteiger partial charge is 0.115 e. The van der Waals surface area contributed by atoms with Crippen LogP contribution in [0.4, 0.5) is 0 Å². The number of hydrogen-bond donors (Lipinski definition) is 2. The van der Waals surface area contributed by atoms with E-state index in [9.17, 15) is 5.11 Å². The zero-order chi connectivity index (χ0) is 14.8. The van der Waals surface area contributed by atoms with Gasteiger partial charge in [-0.25, -0.2) is 0 Å². The van der Waals surface area contributed by atoms with E-state index in [4.69, 9.17) is 0 Å². The third-order valence-corrected chi connectivity index (χ3v) is 4.48. The highest BCUT2D eigenvalue weighted by atomic mass is 16.3. The van der Waals surface area contributed by atoms with Crippen LogP contribution >= 0.6 is 0 Å². The highest BCUT2D eigenvalue weighted by Gasteiger charge is 2.25. The Morgan fingerprint density at radius 1 is 1.38 bits per heavy atom. The van der Waals surface area contributed by atoms with Gasteiger partial charge < -0.3 is 10.4 Å². The third kappa shape index (κ3) is 2.81. The van der Waals surface area contributed by atoms with Crippen LogP contribution in [0.5, 0.6) is 5.75 Å². The fourth-order valence-electron chi connectivity index (χ4n) is 3.28. The molecule has 4 nitrogen and oxygen atoms in total. The predicted octanol–water partition coefficient (Wildman–Crippen LogP) is 3.24. The first-order valence-electron chi connectivity index (χ1n) is 7.74. The average Bonchev–Trinajstić information content (AvgIpc) is 2.88. The Balaban J connectivity index is 1.80. The Morgan fingerprint density at radius 3 is 2.86 bits per heavy atom. The molecule has 0 spiro atoms. The molecule has 3 rings (SSSR count). The van der Waals surface area contributed by atoms with Crippen molar-refractivity contribution in [2.75, 3.05) is 0 Å². The molecule has 2 N–H and O–H groups in total. The second-order valence-corrected chi connectivity index (χ2v) is 5.83. The molecule has 1 aliphatic carbocycles. The Hall–Kier alpha value is -1.81. The topological polar surface area (TPSA) is 50.1 Å². The minimum Gasteiger partial charge on any atom is -0.508 e. The first kappa shape index (κ1) is 14.1. The van der Waals surface area contributed by atoms with E-state index in [0.29, 0.717) is 17.8 Å². The van der Waals surface area contributed by atoms with Crippen LogP contribution in [-0.4, -0.2) is 14.9 Å². The Labute approximate surface area is 125 Å². The summed E-state index contributed by atoms with van der Waals surface area (Å²) >= 11 is 0. The van der Waals surface area contributed by atoms with Crippen molar-refractivity contribution in [3.05, 3.63) is 47.3 Å². The molecule has 21 heavy (non-hydrogen) atoms. The lowest BCUT2D eigenvalue weighted by Gasteiger charge is -2.28. The van der Waals surface area contributed by atoms with E-state index in [0.717, 1.165) is 19.3 Å². The lowest BCUT2D eigenvalue weighted by atomic mass is 9.91. The summed E-state index contributed by atoms with van der Waals surface area (Å²) in [6.07, 6.45) is 6.52. The van der Waals surface area contributed by atoms with Gasteiger partial charge in [-0.2, -0.15) is 5.10 Å². The average molecular weight is 285 g/mol. The van der Waals surface area contributed by atoms with Gasteiger partial charge in [0, 0.05) is 30.4 Å². The number of hydrogen-bond acceptors (Lipinski definition) is 3. The Morgan fingerprint density at radius 2 is 2.14 bits per heavy atom. The largest absolute Gasteiger partial charge is 0.508 e. The molecule has 1 heterocycles. The van der Waals surface area contributed by atoms with Crippen molar-refractivity contribution in [2.24, 2.45) is 7.05 Å². The number of aromatic hydroxyl groups is 1. The normalized spacial score (nSPS) is 19.2. The van der Waals surface area contributed by atoms with Gasteiger partial charge in [0.25, 0.3) is 0 Å². The Kier molecular flexibility index (Phi) is 3.97. The van der Waals surface area contributed by atoms with Crippen molar-refractivity contribution in [1.29, 1.82) is 0 Å². The first-order chi connectivity index (χ1) is 10.2. The zero-order valence-electron chi connectivity index (χ0n) is 12.7. The molecule has 2 atom stereocenters. The summed E-state index contributed by atoms with van der Waals surface area (Å²) in [7, 11) is 2.03. The number of aryl methyl sites for hydroxylation is 1. The zero-order valence-corrected chi connectivity index (χ0v) is 12.7. The van der Waals surface area contributed by atoms with E-state index in [-0.39, 0.29) is 0 Å². The highest BCUT2D eigenvalue weighted by Crippen LogP contribution is 2.32. The number of nitrogens with one attached hydrogen (secondary N) is 1. The summed E-state index contributed by atoms with van der Waals surface area (Å²) in [6.45, 7) is 2.19. The molecule has 1 aliphatic rings. The maximum Gasteiger partial charge on any atom is 0.115 e. The van der Waals surface area contributed by atoms with E-state index in [1.54, 1.807) is 12.1 Å². The summed E-state index contributed by atoms with van der Waals surface area (Å²) in [5.74, 6) is 0.320. The molecule has 0 aliphatic heterocycles. The number of nitrogens with zero attached hydrogens (tertiary/aromatic N) is 2. The van der Waals surface area contributed by atoms with Gasteiger partial charge in [0.15, 0.2) is 0 Å². The second kappa shape index (κ2) is 5.90. The van der Waals surface area contributed by atoms with Crippen molar-refractivity contribution >= 4 is 0 Å². The van der Waals surface area contributed by atoms with E-state index in [2.05, 4.69) is 17.3 Å². The number of aromatic nitrogens is 2. The molecule has 1 aromatic carbocycles. The van der Waals surface area contributed by atoms with Crippen molar-refractivity contribution in [2.45, 2.75) is 44.7 Å². The molecule has 1 aromatic heterocycles. The monoisotopic (exact) mass is 285 g/mol. The summed E-state index contributed by atoms with van der Waals surface area (Å²) in [4.78, 5) is 0. The molecule has 0 fully saturated rings. The highest BCUT2D eigenvalue weighted by molar-refractivity contribution is 5.29. The fourth-order valence-corrected chi connectivity index (χ4v) is 3.28. The standard InChI is InChI=1S/C17H23N3O/c1-3-15(12-7-9-13(21)10-8-12)19-16-5-4-6-17-14(16)11-18-20(17)2/h7-11,15-16,19,21H,3-6H2,1-2H3. The number of phenolic OH excluding ortho intramolecular Hbond substituents is 1. The molecule has 0 amide bonds. The lowest BCUT2D eigenvalue weighted by Crippen LogP contribution is -2.29. The van der Waals surface area contributed by atoms with Gasteiger partial charge in [-0.15, -0.1) is 0 Å². The van der Waals surface area contributed by atoms with E-state index >= 15 is 0 Å². The van der Waals surface area contributed by atoms with Crippen LogP contribution in [0.25, 0.3) is 0 Å². The molecule has 0 radical (unpaired) electrons. The molecule has 4 heteroatoms. The van der Waals surface area contributed by atoms with Crippen LogP contribution in [0.15, 0.2) is 30.5 Å². The van der Waals surface area contributed by atoms with Crippen LogP contribution < -0.4 is 5.32 Å². The lowest BCUT2D eigenvalue weighted by molar-refractivity contribution is 0.389. The molecule has 0 bridgehead atoms. The van der Waals surface area contributed by atoms with E-state index < -0.39 is 0 Å². The van der Waals surface area contributed by atoms with Crippen molar-refractivity contribution < 1.29 is 5.11 Å². The van der Waals surface area contributed by atoms with Gasteiger partial charge in [0.1, 0.15) is 5.75 Å². The van der Waals surface area contributed by atoms with Crippen LogP contribution in [0, 0.1) is 0 Å². The SMILES string of the molecule is CCC(NC1CCCc2c1cnn2C)c1ccc(O)cc1. The van der Waals surface area contributed by atoms with Crippen LogP contribution in [0.2, 0.25) is 0 Å². The minimum absolute atomic E-state index is 0.307. The number of benzene rings is 1. The van der Waals surface area contributed by atoms with Crippen molar-refractivity contribution in [3.63, 3.8) is 0 Å². The van der Waals surface area contributed by atoms with Crippen molar-refractivity contribution in [3.8, 4) is 5.75 Å². The maximum absolute atomic E-state index is 9.43. The third-order valence-electron chi connectivity index (χ3n) is 4.48. The number of phenols is 1. The van der Waals surface area contributed by atoms with Crippen LogP contribution in [0.1, 0.15) is 55.1 Å². The van der Waals surface area contributed by atoms with E-state index in [1.165, 1.54) is 23.2 Å². The van der Waals surface area contributed by atoms with Gasteiger partial charge in [-0.1, -0.05) is 19.1 Å². The summed E-state index contributed by atoms with van der Waals surface area (Å²) in [5, 5.41) is 17.6. The number of rotatable bonds is 4. The fraction of sp³-hybridized carbons (Fsp3) is 0.471. The molecular formula is C17H23N3O. The summed E-state index contributed by atoms with van der Waals surface area (Å²) < 4.78 is 2.00. The van der Waals surface area contributed by atoms with Crippen molar-refractivity contribution in [1.82, 2.24) is 15.1 Å². The first-order valence-corrected chi connectivity index (χ1v) is 7.74. The molecule has 0 saturated heterocycles. The summed E-state index contributed by atoms with van der Waals surface area (Å²) in [5.41, 5.74) is 3.94. The van der Waals surface area contributed by atoms with Crippen LogP contribution in [0.3, 0.4) is 0 Å². The van der Waals surface area contributed by atoms with Gasteiger partial charge in [0.05, 0.1) is 6.20 Å². The molecule has 112 valence electrons. The Bertz CT molecular complexity index is 603.